The fraction of sp³-hybridized carbons (Fsp3) is 0. The van der Waals surface area contributed by atoms with Gasteiger partial charge in [0.25, 0.3) is 0 Å². The van der Waals surface area contributed by atoms with Gasteiger partial charge in [-0.25, -0.2) is 0 Å². The van der Waals surface area contributed by atoms with Crippen LogP contribution < -0.4 is 0 Å². The lowest BCUT2D eigenvalue weighted by molar-refractivity contribution is -0.384. The summed E-state index contributed by atoms with van der Waals surface area (Å²) in [7, 11) is 0. The second kappa shape index (κ2) is 3.11. The number of hydrogen-bond donors (Lipinski definition) is 1. The molecule has 0 radical (unpaired) electrons. The first-order chi connectivity index (χ1) is 6.59. The highest BCUT2D eigenvalue weighted by Crippen LogP contribution is 2.39. The van der Waals surface area contributed by atoms with E-state index in [9.17, 15) is 15.2 Å². The number of aromatic hydroxyl groups is 1. The van der Waals surface area contributed by atoms with Crippen LogP contribution >= 0.6 is 22.9 Å². The Kier molecular flexibility index (Phi) is 2.05. The van der Waals surface area contributed by atoms with Crippen molar-refractivity contribution >= 4 is 38.7 Å². The van der Waals surface area contributed by atoms with Crippen LogP contribution in [0.2, 0.25) is 4.34 Å². The van der Waals surface area contributed by atoms with Gasteiger partial charge in [0.2, 0.25) is 0 Å². The van der Waals surface area contributed by atoms with Crippen molar-refractivity contribution < 1.29 is 10.0 Å². The van der Waals surface area contributed by atoms with Crippen molar-refractivity contribution in [2.75, 3.05) is 0 Å². The Bertz CT molecular complexity index is 523. The highest BCUT2D eigenvalue weighted by molar-refractivity contribution is 7.22. The predicted molar refractivity (Wildman–Crippen MR) is 55.2 cm³/mol. The number of thiophene rings is 1. The first-order valence-corrected chi connectivity index (χ1v) is 4.84. The highest BCUT2D eigenvalue weighted by atomic mass is 35.5. The summed E-state index contributed by atoms with van der Waals surface area (Å²) in [6, 6.07) is 4.39. The molecule has 0 aliphatic heterocycles. The number of benzene rings is 1. The second-order valence-corrected chi connectivity index (χ2v) is 4.37. The molecule has 0 aliphatic carbocycles. The van der Waals surface area contributed by atoms with E-state index >= 15 is 0 Å². The first-order valence-electron chi connectivity index (χ1n) is 3.65. The molecule has 6 heteroatoms. The van der Waals surface area contributed by atoms with Gasteiger partial charge in [-0.3, -0.25) is 10.1 Å². The molecule has 1 heterocycles. The third kappa shape index (κ3) is 1.30. The summed E-state index contributed by atoms with van der Waals surface area (Å²) in [5.74, 6) is -0.336. The minimum atomic E-state index is -0.610. The molecule has 2 aromatic rings. The Morgan fingerprint density at radius 2 is 2.21 bits per heavy atom. The van der Waals surface area contributed by atoms with Gasteiger partial charge in [-0.15, -0.1) is 11.3 Å². The van der Waals surface area contributed by atoms with E-state index in [1.807, 2.05) is 0 Å². The second-order valence-electron chi connectivity index (χ2n) is 2.65. The molecule has 0 spiro atoms. The van der Waals surface area contributed by atoms with Crippen LogP contribution in [0.1, 0.15) is 0 Å². The van der Waals surface area contributed by atoms with Crippen LogP contribution in [0.5, 0.6) is 5.75 Å². The summed E-state index contributed by atoms with van der Waals surface area (Å²) in [6.07, 6.45) is 0. The third-order valence-corrected chi connectivity index (χ3v) is 3.03. The van der Waals surface area contributed by atoms with Gasteiger partial charge in [0.1, 0.15) is 0 Å². The van der Waals surface area contributed by atoms with Gasteiger partial charge < -0.3 is 5.11 Å². The van der Waals surface area contributed by atoms with Crippen LogP contribution in [0.15, 0.2) is 18.2 Å². The Hall–Kier alpha value is -1.33. The van der Waals surface area contributed by atoms with E-state index in [1.165, 1.54) is 23.5 Å². The zero-order chi connectivity index (χ0) is 10.3. The maximum absolute atomic E-state index is 10.7. The average Bonchev–Trinajstić information content (AvgIpc) is 2.43. The fourth-order valence-electron chi connectivity index (χ4n) is 1.25. The van der Waals surface area contributed by atoms with Crippen LogP contribution in [-0.4, -0.2) is 10.0 Å². The number of rotatable bonds is 1. The van der Waals surface area contributed by atoms with E-state index in [0.717, 1.165) is 0 Å². The largest absolute Gasteiger partial charge is 0.502 e. The van der Waals surface area contributed by atoms with E-state index in [-0.39, 0.29) is 11.4 Å². The maximum Gasteiger partial charge on any atom is 0.319 e. The van der Waals surface area contributed by atoms with Crippen molar-refractivity contribution in [1.29, 1.82) is 0 Å². The molecule has 0 bridgehead atoms. The first kappa shape index (κ1) is 9.23. The molecule has 2 rings (SSSR count). The van der Waals surface area contributed by atoms with Gasteiger partial charge in [-0.2, -0.15) is 0 Å². The van der Waals surface area contributed by atoms with Crippen LogP contribution in [0, 0.1) is 10.1 Å². The molecule has 1 N–H and O–H groups in total. The normalized spacial score (nSPS) is 10.6. The van der Waals surface area contributed by atoms with Crippen LogP contribution in [-0.2, 0) is 0 Å². The molecule has 0 aliphatic rings. The van der Waals surface area contributed by atoms with Crippen LogP contribution in [0.3, 0.4) is 0 Å². The third-order valence-electron chi connectivity index (χ3n) is 1.80. The summed E-state index contributed by atoms with van der Waals surface area (Å²) >= 11 is 6.97. The summed E-state index contributed by atoms with van der Waals surface area (Å²) in [5, 5.41) is 20.3. The minimum absolute atomic E-state index is 0.286. The van der Waals surface area contributed by atoms with Gasteiger partial charge in [-0.05, 0) is 18.2 Å². The zero-order valence-electron chi connectivity index (χ0n) is 6.73. The Morgan fingerprint density at radius 3 is 2.86 bits per heavy atom. The number of nitrogens with zero attached hydrogens (tertiary/aromatic N) is 1. The smallest absolute Gasteiger partial charge is 0.319 e. The quantitative estimate of drug-likeness (QED) is 0.603. The minimum Gasteiger partial charge on any atom is -0.502 e. The van der Waals surface area contributed by atoms with Crippen molar-refractivity contribution in [1.82, 2.24) is 0 Å². The van der Waals surface area contributed by atoms with E-state index in [1.54, 1.807) is 6.07 Å². The monoisotopic (exact) mass is 229 g/mol. The number of phenols is 1. The van der Waals surface area contributed by atoms with Gasteiger partial charge in [0, 0.05) is 4.70 Å². The summed E-state index contributed by atoms with van der Waals surface area (Å²) < 4.78 is 1.16. The van der Waals surface area contributed by atoms with Crippen molar-refractivity contribution in [3.05, 3.63) is 32.6 Å². The molecule has 4 nitrogen and oxygen atoms in total. The molecule has 1 aromatic carbocycles. The number of phenolic OH excluding ortho intramolecular Hbond substituents is 1. The highest BCUT2D eigenvalue weighted by Gasteiger charge is 2.19. The molecule has 72 valence electrons. The number of nitro groups is 1. The number of hydrogen-bond acceptors (Lipinski definition) is 4. The SMILES string of the molecule is O=[N+]([O-])c1c(O)ccc2sc(Cl)cc12. The van der Waals surface area contributed by atoms with Gasteiger partial charge >= 0.3 is 5.69 Å². The summed E-state index contributed by atoms with van der Waals surface area (Å²) in [6.45, 7) is 0. The van der Waals surface area contributed by atoms with Gasteiger partial charge in [0.05, 0.1) is 14.6 Å². The molecule has 14 heavy (non-hydrogen) atoms. The van der Waals surface area contributed by atoms with E-state index < -0.39 is 4.92 Å². The van der Waals surface area contributed by atoms with E-state index in [2.05, 4.69) is 0 Å². The van der Waals surface area contributed by atoms with Crippen molar-refractivity contribution in [3.63, 3.8) is 0 Å². The van der Waals surface area contributed by atoms with Gasteiger partial charge in [0.15, 0.2) is 5.75 Å². The topological polar surface area (TPSA) is 63.4 Å². The van der Waals surface area contributed by atoms with E-state index in [0.29, 0.717) is 14.4 Å². The van der Waals surface area contributed by atoms with Crippen LogP contribution in [0.25, 0.3) is 10.1 Å². The molecule has 0 saturated heterocycles. The number of nitro benzene ring substituents is 1. The summed E-state index contributed by atoms with van der Waals surface area (Å²) in [4.78, 5) is 10.0. The van der Waals surface area contributed by atoms with Crippen molar-refractivity contribution in [2.24, 2.45) is 0 Å². The lowest BCUT2D eigenvalue weighted by Gasteiger charge is -1.95. The molecule has 0 fully saturated rings. The zero-order valence-corrected chi connectivity index (χ0v) is 8.30. The Labute approximate surface area is 87.5 Å². The van der Waals surface area contributed by atoms with Crippen molar-refractivity contribution in [2.45, 2.75) is 0 Å². The number of fused-ring (bicyclic) bond motifs is 1. The summed E-state index contributed by atoms with van der Waals surface area (Å²) in [5.41, 5.74) is -0.286. The Balaban J connectivity index is 2.88. The number of halogens is 1. The predicted octanol–water partition coefficient (Wildman–Crippen LogP) is 3.17. The molecular formula is C8H4ClNO3S. The molecular weight excluding hydrogens is 226 g/mol. The lowest BCUT2D eigenvalue weighted by Crippen LogP contribution is -1.88. The molecule has 0 unspecified atom stereocenters. The molecule has 0 atom stereocenters. The van der Waals surface area contributed by atoms with Crippen LogP contribution in [0.4, 0.5) is 5.69 Å². The Morgan fingerprint density at radius 1 is 1.50 bits per heavy atom. The maximum atomic E-state index is 10.7. The fourth-order valence-corrected chi connectivity index (χ4v) is 2.39. The molecule has 0 amide bonds. The molecule has 1 aromatic heterocycles. The van der Waals surface area contributed by atoms with E-state index in [4.69, 9.17) is 11.6 Å². The van der Waals surface area contributed by atoms with Gasteiger partial charge in [-0.1, -0.05) is 11.6 Å². The lowest BCUT2D eigenvalue weighted by atomic mass is 10.2. The average molecular weight is 230 g/mol. The standard InChI is InChI=1S/C8H4ClNO3S/c9-7-3-4-6(14-7)2-1-5(11)8(4)10(12)13/h1-3,11H. The molecule has 0 saturated carbocycles. The van der Waals surface area contributed by atoms with Crippen molar-refractivity contribution in [3.8, 4) is 5.75 Å².